The number of hydrogen-bond acceptors (Lipinski definition) is 3. The van der Waals surface area contributed by atoms with E-state index in [4.69, 9.17) is 10.2 Å². The minimum absolute atomic E-state index is 0.405. The quantitative estimate of drug-likeness (QED) is 0.868. The van der Waals surface area contributed by atoms with Crippen LogP contribution in [0.2, 0.25) is 0 Å². The summed E-state index contributed by atoms with van der Waals surface area (Å²) >= 11 is 0. The smallest absolute Gasteiger partial charge is 0.196 e. The van der Waals surface area contributed by atoms with Gasteiger partial charge in [0, 0.05) is 18.5 Å². The number of hydrogen-bond donors (Lipinski definition) is 1. The Morgan fingerprint density at radius 1 is 1.25 bits per heavy atom. The maximum Gasteiger partial charge on any atom is 0.196 e. The predicted octanol–water partition coefficient (Wildman–Crippen LogP) is 2.12. The third-order valence-electron chi connectivity index (χ3n) is 2.12. The average Bonchev–Trinajstić information content (AvgIpc) is 2.71. The molecule has 5 heteroatoms. The molecule has 2 N–H and O–H groups in total. The zero-order chi connectivity index (χ0) is 11.5. The number of aromatic nitrogens is 1. The molecule has 0 aliphatic heterocycles. The minimum atomic E-state index is -0.908. The number of rotatable bonds is 3. The van der Waals surface area contributed by atoms with Crippen LogP contribution in [0.1, 0.15) is 5.89 Å². The molecule has 0 atom stereocenters. The Morgan fingerprint density at radius 2 is 2.06 bits per heavy atom. The summed E-state index contributed by atoms with van der Waals surface area (Å²) in [5.41, 5.74) is 5.80. The predicted molar refractivity (Wildman–Crippen MR) is 54.6 cm³/mol. The molecule has 0 saturated heterocycles. The van der Waals surface area contributed by atoms with Crippen LogP contribution in [0.4, 0.5) is 8.78 Å². The van der Waals surface area contributed by atoms with Gasteiger partial charge in [-0.3, -0.25) is 0 Å². The van der Waals surface area contributed by atoms with Gasteiger partial charge >= 0.3 is 0 Å². The van der Waals surface area contributed by atoms with Crippen LogP contribution < -0.4 is 5.73 Å². The molecular formula is C11H10F2N2O. The third kappa shape index (κ3) is 2.09. The van der Waals surface area contributed by atoms with Crippen molar-refractivity contribution in [3.63, 3.8) is 0 Å². The minimum Gasteiger partial charge on any atom is -0.441 e. The molecule has 84 valence electrons. The van der Waals surface area contributed by atoms with E-state index in [2.05, 4.69) is 4.98 Å². The second kappa shape index (κ2) is 4.40. The number of oxazole rings is 1. The summed E-state index contributed by atoms with van der Waals surface area (Å²) in [4.78, 5) is 3.97. The normalized spacial score (nSPS) is 10.7. The molecule has 1 heterocycles. The van der Waals surface area contributed by atoms with E-state index in [0.717, 1.165) is 12.1 Å². The summed E-state index contributed by atoms with van der Waals surface area (Å²) in [6, 6.07) is 3.56. The lowest BCUT2D eigenvalue weighted by atomic mass is 10.2. The zero-order valence-electron chi connectivity index (χ0n) is 8.41. The molecule has 0 aliphatic carbocycles. The van der Waals surface area contributed by atoms with Gasteiger partial charge in [-0.1, -0.05) is 0 Å². The van der Waals surface area contributed by atoms with E-state index >= 15 is 0 Å². The van der Waals surface area contributed by atoms with Crippen molar-refractivity contribution in [1.82, 2.24) is 4.98 Å². The van der Waals surface area contributed by atoms with Crippen LogP contribution in [-0.4, -0.2) is 11.5 Å². The molecule has 0 aliphatic rings. The van der Waals surface area contributed by atoms with Crippen LogP contribution in [0.15, 0.2) is 28.8 Å². The highest BCUT2D eigenvalue weighted by Crippen LogP contribution is 2.22. The fraction of sp³-hybridized carbons (Fsp3) is 0.182. The standard InChI is InChI=1S/C11H10F2N2O/c12-8-2-1-7(5-9(8)13)10-6-15-11(16-10)3-4-14/h1-2,5-6H,3-4,14H2. The van der Waals surface area contributed by atoms with Gasteiger partial charge in [-0.05, 0) is 18.2 Å². The van der Waals surface area contributed by atoms with Crippen molar-refractivity contribution in [3.05, 3.63) is 41.9 Å². The number of halogens is 2. The number of benzene rings is 1. The van der Waals surface area contributed by atoms with Crippen molar-refractivity contribution >= 4 is 0 Å². The molecule has 2 rings (SSSR count). The van der Waals surface area contributed by atoms with E-state index in [1.54, 1.807) is 0 Å². The molecule has 0 saturated carbocycles. The van der Waals surface area contributed by atoms with Crippen molar-refractivity contribution in [2.45, 2.75) is 6.42 Å². The lowest BCUT2D eigenvalue weighted by molar-refractivity contribution is 0.500. The van der Waals surface area contributed by atoms with E-state index in [-0.39, 0.29) is 0 Å². The summed E-state index contributed by atoms with van der Waals surface area (Å²) in [6.07, 6.45) is 1.99. The first-order chi connectivity index (χ1) is 7.70. The Balaban J connectivity index is 2.31. The van der Waals surface area contributed by atoms with Crippen molar-refractivity contribution in [2.24, 2.45) is 5.73 Å². The Labute approximate surface area is 90.9 Å². The molecule has 2 aromatic rings. The fourth-order valence-electron chi connectivity index (χ4n) is 1.33. The van der Waals surface area contributed by atoms with E-state index in [9.17, 15) is 8.78 Å². The summed E-state index contributed by atoms with van der Waals surface area (Å²) < 4.78 is 31.0. The molecular weight excluding hydrogens is 214 g/mol. The van der Waals surface area contributed by atoms with Gasteiger partial charge in [0.2, 0.25) is 0 Å². The summed E-state index contributed by atoms with van der Waals surface area (Å²) in [6.45, 7) is 0.428. The highest BCUT2D eigenvalue weighted by Gasteiger charge is 2.08. The Hall–Kier alpha value is -1.75. The summed E-state index contributed by atoms with van der Waals surface area (Å²) in [5, 5.41) is 0. The highest BCUT2D eigenvalue weighted by atomic mass is 19.2. The maximum atomic E-state index is 13.0. The first kappa shape index (κ1) is 10.8. The Morgan fingerprint density at radius 3 is 2.75 bits per heavy atom. The Bertz CT molecular complexity index is 496. The Kier molecular flexibility index (Phi) is 2.96. The van der Waals surface area contributed by atoms with Gasteiger partial charge in [-0.2, -0.15) is 0 Å². The molecule has 1 aromatic carbocycles. The first-order valence-electron chi connectivity index (χ1n) is 4.81. The molecule has 1 aromatic heterocycles. The van der Waals surface area contributed by atoms with Crippen molar-refractivity contribution < 1.29 is 13.2 Å². The van der Waals surface area contributed by atoms with E-state index < -0.39 is 11.6 Å². The SMILES string of the molecule is NCCc1ncc(-c2ccc(F)c(F)c2)o1. The second-order valence-electron chi connectivity index (χ2n) is 3.29. The van der Waals surface area contributed by atoms with Gasteiger partial charge < -0.3 is 10.2 Å². The summed E-state index contributed by atoms with van der Waals surface area (Å²) in [5.74, 6) is -0.899. The largest absolute Gasteiger partial charge is 0.441 e. The number of nitrogens with zero attached hydrogens (tertiary/aromatic N) is 1. The molecule has 0 unspecified atom stereocenters. The van der Waals surface area contributed by atoms with Gasteiger partial charge in [0.1, 0.15) is 0 Å². The molecule has 0 spiro atoms. The fourth-order valence-corrected chi connectivity index (χ4v) is 1.33. The number of nitrogens with two attached hydrogens (primary N) is 1. The van der Waals surface area contributed by atoms with Crippen LogP contribution in [0.3, 0.4) is 0 Å². The molecule has 16 heavy (non-hydrogen) atoms. The van der Waals surface area contributed by atoms with Crippen LogP contribution in [-0.2, 0) is 6.42 Å². The third-order valence-corrected chi connectivity index (χ3v) is 2.12. The van der Waals surface area contributed by atoms with Crippen molar-refractivity contribution in [1.29, 1.82) is 0 Å². The van der Waals surface area contributed by atoms with Crippen molar-refractivity contribution in [3.8, 4) is 11.3 Å². The van der Waals surface area contributed by atoms with Gasteiger partial charge in [-0.25, -0.2) is 13.8 Å². The van der Waals surface area contributed by atoms with E-state index in [0.29, 0.717) is 30.2 Å². The van der Waals surface area contributed by atoms with Gasteiger partial charge in [0.25, 0.3) is 0 Å². The highest BCUT2D eigenvalue weighted by molar-refractivity contribution is 5.56. The van der Waals surface area contributed by atoms with Crippen molar-refractivity contribution in [2.75, 3.05) is 6.54 Å². The van der Waals surface area contributed by atoms with Crippen LogP contribution in [0.5, 0.6) is 0 Å². The first-order valence-corrected chi connectivity index (χ1v) is 4.81. The second-order valence-corrected chi connectivity index (χ2v) is 3.29. The molecule has 3 nitrogen and oxygen atoms in total. The van der Waals surface area contributed by atoms with Gasteiger partial charge in [-0.15, -0.1) is 0 Å². The lowest BCUT2D eigenvalue weighted by Crippen LogP contribution is -2.02. The molecule has 0 fully saturated rings. The zero-order valence-corrected chi connectivity index (χ0v) is 8.41. The summed E-state index contributed by atoms with van der Waals surface area (Å²) in [7, 11) is 0. The van der Waals surface area contributed by atoms with E-state index in [1.807, 2.05) is 0 Å². The van der Waals surface area contributed by atoms with Crippen LogP contribution >= 0.6 is 0 Å². The van der Waals surface area contributed by atoms with Gasteiger partial charge in [0.15, 0.2) is 23.3 Å². The maximum absolute atomic E-state index is 13.0. The lowest BCUT2D eigenvalue weighted by Gasteiger charge is -1.97. The molecule has 0 bridgehead atoms. The van der Waals surface area contributed by atoms with Crippen LogP contribution in [0, 0.1) is 11.6 Å². The van der Waals surface area contributed by atoms with Crippen LogP contribution in [0.25, 0.3) is 11.3 Å². The van der Waals surface area contributed by atoms with Gasteiger partial charge in [0.05, 0.1) is 6.20 Å². The topological polar surface area (TPSA) is 52.0 Å². The molecule has 0 radical (unpaired) electrons. The average molecular weight is 224 g/mol. The monoisotopic (exact) mass is 224 g/mol. The molecule has 0 amide bonds. The van der Waals surface area contributed by atoms with E-state index in [1.165, 1.54) is 12.3 Å².